The average molecular weight is 325 g/mol. The van der Waals surface area contributed by atoms with Gasteiger partial charge in [0.1, 0.15) is 11.6 Å². The molecule has 3 rings (SSSR count). The number of nitrogens with zero attached hydrogens (tertiary/aromatic N) is 1. The van der Waals surface area contributed by atoms with Crippen LogP contribution in [0, 0.1) is 17.6 Å². The van der Waals surface area contributed by atoms with Crippen molar-refractivity contribution in [1.82, 2.24) is 4.90 Å². The molecule has 5 nitrogen and oxygen atoms in total. The van der Waals surface area contributed by atoms with E-state index in [1.165, 1.54) is 0 Å². The van der Waals surface area contributed by atoms with Crippen LogP contribution < -0.4 is 0 Å². The number of ether oxygens (including phenoxy) is 1. The lowest BCUT2D eigenvalue weighted by Crippen LogP contribution is -2.47. The standard InChI is InChI=1S/C16H17F2NO4/c17-9-1-2-14(18)12(5-9)11-7-13(11)16(22)19-3-4-23-10(8-19)6-15(20)21/h1-2,5,10-11,13H,3-4,6-8H2,(H,20,21)/t10-,11+,13-/m1/s1. The summed E-state index contributed by atoms with van der Waals surface area (Å²) in [5, 5.41) is 8.80. The van der Waals surface area contributed by atoms with Gasteiger partial charge in [0.05, 0.1) is 19.1 Å². The van der Waals surface area contributed by atoms with Gasteiger partial charge in [0, 0.05) is 19.0 Å². The molecule has 1 saturated heterocycles. The first-order chi connectivity index (χ1) is 11.0. The Balaban J connectivity index is 1.63. The molecular weight excluding hydrogens is 308 g/mol. The van der Waals surface area contributed by atoms with Crippen molar-refractivity contribution in [2.24, 2.45) is 5.92 Å². The SMILES string of the molecule is O=C(O)C[C@@H]1CN(C(=O)[C@@H]2C[C@H]2c2cc(F)ccc2F)CCO1. The zero-order valence-corrected chi connectivity index (χ0v) is 12.4. The first kappa shape index (κ1) is 15.9. The normalized spacial score (nSPS) is 26.9. The van der Waals surface area contributed by atoms with Crippen molar-refractivity contribution in [3.05, 3.63) is 35.4 Å². The topological polar surface area (TPSA) is 66.8 Å². The van der Waals surface area contributed by atoms with E-state index in [2.05, 4.69) is 0 Å². The molecule has 1 N–H and O–H groups in total. The summed E-state index contributed by atoms with van der Waals surface area (Å²) in [7, 11) is 0. The first-order valence-corrected chi connectivity index (χ1v) is 7.53. The Morgan fingerprint density at radius 3 is 2.87 bits per heavy atom. The highest BCUT2D eigenvalue weighted by Crippen LogP contribution is 2.49. The summed E-state index contributed by atoms with van der Waals surface area (Å²) < 4.78 is 32.4. The summed E-state index contributed by atoms with van der Waals surface area (Å²) in [4.78, 5) is 24.8. The fourth-order valence-electron chi connectivity index (χ4n) is 3.08. The number of benzene rings is 1. The molecule has 1 heterocycles. The van der Waals surface area contributed by atoms with Crippen LogP contribution in [0.5, 0.6) is 0 Å². The third-order valence-corrected chi connectivity index (χ3v) is 4.32. The van der Waals surface area contributed by atoms with Gasteiger partial charge in [-0.15, -0.1) is 0 Å². The molecule has 0 spiro atoms. The fraction of sp³-hybridized carbons (Fsp3) is 0.500. The molecule has 0 bridgehead atoms. The third-order valence-electron chi connectivity index (χ3n) is 4.32. The minimum absolute atomic E-state index is 0.141. The minimum Gasteiger partial charge on any atom is -0.481 e. The number of carboxylic acid groups (broad SMARTS) is 1. The van der Waals surface area contributed by atoms with E-state index in [0.29, 0.717) is 13.0 Å². The summed E-state index contributed by atoms with van der Waals surface area (Å²) >= 11 is 0. The van der Waals surface area contributed by atoms with Gasteiger partial charge in [-0.1, -0.05) is 0 Å². The Bertz CT molecular complexity index is 637. The van der Waals surface area contributed by atoms with Gasteiger partial charge in [-0.25, -0.2) is 8.78 Å². The molecule has 1 aliphatic heterocycles. The lowest BCUT2D eigenvalue weighted by atomic mass is 10.1. The summed E-state index contributed by atoms with van der Waals surface area (Å²) in [6.07, 6.45) is -0.190. The maximum absolute atomic E-state index is 13.8. The number of amides is 1. The molecule has 1 aliphatic carbocycles. The highest BCUT2D eigenvalue weighted by molar-refractivity contribution is 5.83. The van der Waals surface area contributed by atoms with Crippen LogP contribution in [0.4, 0.5) is 8.78 Å². The Morgan fingerprint density at radius 1 is 1.35 bits per heavy atom. The second-order valence-electron chi connectivity index (χ2n) is 5.99. The first-order valence-electron chi connectivity index (χ1n) is 7.53. The molecule has 1 amide bonds. The molecular formula is C16H17F2NO4. The van der Waals surface area contributed by atoms with Gasteiger partial charge in [-0.05, 0) is 36.1 Å². The van der Waals surface area contributed by atoms with Crippen LogP contribution in [0.2, 0.25) is 0 Å². The number of carboxylic acids is 1. The summed E-state index contributed by atoms with van der Waals surface area (Å²) in [5.74, 6) is -2.81. The predicted octanol–water partition coefficient (Wildman–Crippen LogP) is 1.77. The van der Waals surface area contributed by atoms with Gasteiger partial charge >= 0.3 is 5.97 Å². The smallest absolute Gasteiger partial charge is 0.306 e. The molecule has 0 aromatic heterocycles. The molecule has 1 aromatic carbocycles. The Morgan fingerprint density at radius 2 is 2.13 bits per heavy atom. The maximum Gasteiger partial charge on any atom is 0.306 e. The Hall–Kier alpha value is -2.02. The molecule has 124 valence electrons. The zero-order valence-electron chi connectivity index (χ0n) is 12.4. The number of halogens is 2. The van der Waals surface area contributed by atoms with E-state index in [1.807, 2.05) is 0 Å². The van der Waals surface area contributed by atoms with Gasteiger partial charge < -0.3 is 14.7 Å². The quantitative estimate of drug-likeness (QED) is 0.916. The van der Waals surface area contributed by atoms with Gasteiger partial charge in [0.15, 0.2) is 0 Å². The van der Waals surface area contributed by atoms with Crippen molar-refractivity contribution in [3.63, 3.8) is 0 Å². The monoisotopic (exact) mass is 325 g/mol. The van der Waals surface area contributed by atoms with Gasteiger partial charge in [0.25, 0.3) is 0 Å². The average Bonchev–Trinajstić information content (AvgIpc) is 3.29. The molecule has 1 aromatic rings. The molecule has 1 saturated carbocycles. The Labute approximate surface area is 131 Å². The van der Waals surface area contributed by atoms with Crippen LogP contribution in [0.3, 0.4) is 0 Å². The molecule has 0 radical (unpaired) electrons. The Kier molecular flexibility index (Phi) is 4.30. The van der Waals surface area contributed by atoms with E-state index >= 15 is 0 Å². The molecule has 0 unspecified atom stereocenters. The molecule has 7 heteroatoms. The van der Waals surface area contributed by atoms with Crippen LogP contribution in [-0.4, -0.2) is 47.7 Å². The fourth-order valence-corrected chi connectivity index (χ4v) is 3.08. The molecule has 23 heavy (non-hydrogen) atoms. The van der Waals surface area contributed by atoms with Crippen molar-refractivity contribution >= 4 is 11.9 Å². The second kappa shape index (κ2) is 6.23. The number of morpholine rings is 1. The van der Waals surface area contributed by atoms with E-state index in [1.54, 1.807) is 4.90 Å². The zero-order chi connectivity index (χ0) is 16.6. The lowest BCUT2D eigenvalue weighted by molar-refractivity contribution is -0.148. The van der Waals surface area contributed by atoms with Crippen LogP contribution in [0.1, 0.15) is 24.3 Å². The van der Waals surface area contributed by atoms with Crippen LogP contribution in [0.15, 0.2) is 18.2 Å². The van der Waals surface area contributed by atoms with Gasteiger partial charge in [-0.2, -0.15) is 0 Å². The summed E-state index contributed by atoms with van der Waals surface area (Å²) in [6.45, 7) is 0.902. The van der Waals surface area contributed by atoms with E-state index < -0.39 is 23.7 Å². The van der Waals surface area contributed by atoms with Crippen molar-refractivity contribution in [1.29, 1.82) is 0 Å². The lowest BCUT2D eigenvalue weighted by Gasteiger charge is -2.32. The number of aliphatic carboxylic acids is 1. The van der Waals surface area contributed by atoms with Crippen molar-refractivity contribution in [2.75, 3.05) is 19.7 Å². The number of hydrogen-bond acceptors (Lipinski definition) is 3. The largest absolute Gasteiger partial charge is 0.481 e. The van der Waals surface area contributed by atoms with E-state index in [-0.39, 0.29) is 42.9 Å². The van der Waals surface area contributed by atoms with Crippen LogP contribution in [0.25, 0.3) is 0 Å². The van der Waals surface area contributed by atoms with Crippen molar-refractivity contribution < 1.29 is 28.2 Å². The highest BCUT2D eigenvalue weighted by Gasteiger charge is 2.47. The van der Waals surface area contributed by atoms with E-state index in [4.69, 9.17) is 9.84 Å². The predicted molar refractivity (Wildman–Crippen MR) is 75.8 cm³/mol. The highest BCUT2D eigenvalue weighted by atomic mass is 19.1. The molecule has 2 aliphatic rings. The van der Waals surface area contributed by atoms with Crippen molar-refractivity contribution in [3.8, 4) is 0 Å². The number of hydrogen-bond donors (Lipinski definition) is 1. The van der Waals surface area contributed by atoms with Crippen LogP contribution in [-0.2, 0) is 14.3 Å². The summed E-state index contributed by atoms with van der Waals surface area (Å²) in [6, 6.07) is 3.26. The number of carbonyl (C=O) groups is 2. The number of carbonyl (C=O) groups excluding carboxylic acids is 1. The van der Waals surface area contributed by atoms with Gasteiger partial charge in [-0.3, -0.25) is 9.59 Å². The summed E-state index contributed by atoms with van der Waals surface area (Å²) in [5.41, 5.74) is 0.235. The third kappa shape index (κ3) is 3.50. The maximum atomic E-state index is 13.8. The minimum atomic E-state index is -0.976. The molecule has 3 atom stereocenters. The number of rotatable bonds is 4. The second-order valence-corrected chi connectivity index (χ2v) is 5.99. The van der Waals surface area contributed by atoms with Gasteiger partial charge in [0.2, 0.25) is 5.91 Å². The molecule has 2 fully saturated rings. The van der Waals surface area contributed by atoms with Crippen molar-refractivity contribution in [2.45, 2.75) is 24.9 Å². The van der Waals surface area contributed by atoms with Crippen LogP contribution >= 0.6 is 0 Å². The van der Waals surface area contributed by atoms with E-state index in [0.717, 1.165) is 18.2 Å². The van der Waals surface area contributed by atoms with E-state index in [9.17, 15) is 18.4 Å².